The van der Waals surface area contributed by atoms with Gasteiger partial charge in [-0.3, -0.25) is 14.5 Å². The minimum absolute atomic E-state index is 0.360. The average Bonchev–Trinajstić information content (AvgIpc) is 2.94. The topological polar surface area (TPSA) is 105 Å². The van der Waals surface area contributed by atoms with E-state index in [0.717, 1.165) is 23.5 Å². The molecular weight excluding hydrogens is 382 g/mol. The summed E-state index contributed by atoms with van der Waals surface area (Å²) in [5, 5.41) is 5.21. The van der Waals surface area contributed by atoms with Crippen LogP contribution >= 0.6 is 11.8 Å². The van der Waals surface area contributed by atoms with E-state index in [1.165, 1.54) is 0 Å². The third kappa shape index (κ3) is 5.98. The molecule has 152 valence electrons. The summed E-state index contributed by atoms with van der Waals surface area (Å²) in [6.07, 6.45) is 4.19. The average molecular weight is 407 g/mol. The van der Waals surface area contributed by atoms with Crippen molar-refractivity contribution in [1.82, 2.24) is 10.2 Å². The summed E-state index contributed by atoms with van der Waals surface area (Å²) < 4.78 is 5.12. The Hall–Kier alpha value is -2.55. The van der Waals surface area contributed by atoms with Crippen LogP contribution in [0.3, 0.4) is 0 Å². The van der Waals surface area contributed by atoms with E-state index in [0.29, 0.717) is 24.3 Å². The van der Waals surface area contributed by atoms with Gasteiger partial charge in [0.15, 0.2) is 0 Å². The van der Waals surface area contributed by atoms with Gasteiger partial charge in [-0.15, -0.1) is 0 Å². The van der Waals surface area contributed by atoms with Crippen molar-refractivity contribution < 1.29 is 23.9 Å². The highest BCUT2D eigenvalue weighted by Gasteiger charge is 2.38. The zero-order valence-corrected chi connectivity index (χ0v) is 16.8. The van der Waals surface area contributed by atoms with Gasteiger partial charge >= 0.3 is 12.0 Å². The number of rotatable bonds is 10. The molecule has 4 amide bonds. The highest BCUT2D eigenvalue weighted by Crippen LogP contribution is 2.14. The molecule has 1 atom stereocenters. The molecule has 1 fully saturated rings. The first kappa shape index (κ1) is 21.7. The van der Waals surface area contributed by atoms with Crippen LogP contribution in [0.2, 0.25) is 0 Å². The van der Waals surface area contributed by atoms with Crippen LogP contribution in [0, 0.1) is 0 Å². The van der Waals surface area contributed by atoms with Crippen molar-refractivity contribution in [2.45, 2.75) is 32.2 Å². The number of nitrogens with one attached hydrogen (secondary N) is 2. The molecule has 0 spiro atoms. The smallest absolute Gasteiger partial charge is 0.338 e. The zero-order chi connectivity index (χ0) is 20.5. The first-order valence-corrected chi connectivity index (χ1v) is 10.5. The monoisotopic (exact) mass is 407 g/mol. The lowest BCUT2D eigenvalue weighted by molar-refractivity contribution is -0.130. The Balaban J connectivity index is 1.86. The van der Waals surface area contributed by atoms with E-state index in [-0.39, 0.29) is 12.5 Å². The summed E-state index contributed by atoms with van der Waals surface area (Å²) in [5.74, 6) is -0.558. The second-order valence-corrected chi connectivity index (χ2v) is 7.31. The van der Waals surface area contributed by atoms with Crippen LogP contribution < -0.4 is 10.6 Å². The minimum Gasteiger partial charge on any atom is -0.462 e. The van der Waals surface area contributed by atoms with E-state index in [1.54, 1.807) is 36.0 Å². The fraction of sp³-hybridized carbons (Fsp3) is 0.474. The number of hydrogen-bond donors (Lipinski definition) is 2. The summed E-state index contributed by atoms with van der Waals surface area (Å²) in [4.78, 5) is 49.1. The van der Waals surface area contributed by atoms with Gasteiger partial charge in [-0.25, -0.2) is 9.59 Å². The minimum atomic E-state index is -0.578. The number of amides is 4. The number of hydrogen-bond acceptors (Lipinski definition) is 6. The van der Waals surface area contributed by atoms with E-state index < -0.39 is 23.9 Å². The molecule has 2 N–H and O–H groups in total. The van der Waals surface area contributed by atoms with Gasteiger partial charge in [0, 0.05) is 5.69 Å². The molecule has 0 saturated carbocycles. The summed E-state index contributed by atoms with van der Waals surface area (Å²) in [7, 11) is 0. The van der Waals surface area contributed by atoms with Crippen molar-refractivity contribution in [1.29, 1.82) is 0 Å². The predicted molar refractivity (Wildman–Crippen MR) is 107 cm³/mol. The van der Waals surface area contributed by atoms with Gasteiger partial charge in [0.25, 0.3) is 5.91 Å². The number of imide groups is 1. The lowest BCUT2D eigenvalue weighted by Gasteiger charge is -2.13. The number of anilines is 1. The Morgan fingerprint density at radius 1 is 1.25 bits per heavy atom. The number of ether oxygens (including phenoxy) is 1. The lowest BCUT2D eigenvalue weighted by Crippen LogP contribution is -2.38. The molecule has 1 heterocycles. The summed E-state index contributed by atoms with van der Waals surface area (Å²) >= 11 is 1.58. The third-order valence-corrected chi connectivity index (χ3v) is 4.80. The highest BCUT2D eigenvalue weighted by atomic mass is 32.2. The van der Waals surface area contributed by atoms with Crippen LogP contribution in [-0.4, -0.2) is 59.9 Å². The number of thioether (sulfide) groups is 1. The maximum Gasteiger partial charge on any atom is 0.338 e. The molecule has 1 saturated heterocycles. The van der Waals surface area contributed by atoms with E-state index in [4.69, 9.17) is 4.74 Å². The third-order valence-electron chi connectivity index (χ3n) is 4.15. The van der Waals surface area contributed by atoms with Crippen LogP contribution in [0.5, 0.6) is 0 Å². The molecule has 1 aromatic rings. The van der Waals surface area contributed by atoms with Crippen LogP contribution in [0.15, 0.2) is 24.3 Å². The second kappa shape index (κ2) is 10.7. The molecule has 1 unspecified atom stereocenters. The molecule has 0 aliphatic carbocycles. The maximum atomic E-state index is 12.2. The van der Waals surface area contributed by atoms with Gasteiger partial charge in [-0.05, 0) is 49.1 Å². The highest BCUT2D eigenvalue weighted by molar-refractivity contribution is 7.98. The van der Waals surface area contributed by atoms with Crippen LogP contribution in [0.4, 0.5) is 10.5 Å². The van der Waals surface area contributed by atoms with Gasteiger partial charge < -0.3 is 15.4 Å². The largest absolute Gasteiger partial charge is 0.462 e. The zero-order valence-electron chi connectivity index (χ0n) is 16.0. The van der Waals surface area contributed by atoms with Crippen molar-refractivity contribution in [3.8, 4) is 0 Å². The molecule has 0 radical (unpaired) electrons. The fourth-order valence-corrected chi connectivity index (χ4v) is 3.06. The number of benzene rings is 1. The first-order valence-electron chi connectivity index (χ1n) is 9.14. The van der Waals surface area contributed by atoms with Crippen molar-refractivity contribution in [2.24, 2.45) is 0 Å². The predicted octanol–water partition coefficient (Wildman–Crippen LogP) is 2.26. The molecule has 1 aliphatic rings. The van der Waals surface area contributed by atoms with E-state index >= 15 is 0 Å². The van der Waals surface area contributed by atoms with Gasteiger partial charge in [0.1, 0.15) is 12.6 Å². The van der Waals surface area contributed by atoms with Crippen LogP contribution in [0.25, 0.3) is 0 Å². The SMILES string of the molecule is CCCCOC(=O)c1ccc(NC(=O)CN2C(=O)NC(CCSC)C2=O)cc1. The molecule has 2 rings (SSSR count). The van der Waals surface area contributed by atoms with Gasteiger partial charge in [-0.1, -0.05) is 13.3 Å². The molecule has 8 nitrogen and oxygen atoms in total. The van der Waals surface area contributed by atoms with Crippen LogP contribution in [0.1, 0.15) is 36.5 Å². The Bertz CT molecular complexity index is 723. The van der Waals surface area contributed by atoms with Gasteiger partial charge in [0.05, 0.1) is 12.2 Å². The number of urea groups is 1. The molecule has 1 aromatic carbocycles. The molecule has 9 heteroatoms. The first-order chi connectivity index (χ1) is 13.5. The molecule has 0 aromatic heterocycles. The number of carbonyl (C=O) groups is 4. The Morgan fingerprint density at radius 3 is 2.61 bits per heavy atom. The summed E-state index contributed by atoms with van der Waals surface area (Å²) in [5.41, 5.74) is 0.848. The van der Waals surface area contributed by atoms with Crippen molar-refractivity contribution in [3.05, 3.63) is 29.8 Å². The van der Waals surface area contributed by atoms with Crippen molar-refractivity contribution >= 4 is 41.3 Å². The standard InChI is InChI=1S/C19H25N3O5S/c1-3-4-10-27-18(25)13-5-7-14(8-6-13)20-16(23)12-22-17(24)15(9-11-28-2)21-19(22)26/h5-8,15H,3-4,9-12H2,1-2H3,(H,20,23)(H,21,26). The number of unbranched alkanes of at least 4 members (excludes halogenated alkanes) is 1. The quantitative estimate of drug-likeness (QED) is 0.350. The number of carbonyl (C=O) groups excluding carboxylic acids is 4. The summed E-state index contributed by atoms with van der Waals surface area (Å²) in [6.45, 7) is 2.02. The van der Waals surface area contributed by atoms with Crippen molar-refractivity contribution in [2.75, 3.05) is 30.5 Å². The van der Waals surface area contributed by atoms with Crippen molar-refractivity contribution in [3.63, 3.8) is 0 Å². The normalized spacial score (nSPS) is 16.1. The molecule has 1 aliphatic heterocycles. The molecule has 0 bridgehead atoms. The van der Waals surface area contributed by atoms with E-state index in [1.807, 2.05) is 13.2 Å². The Labute approximate surface area is 168 Å². The molecule has 28 heavy (non-hydrogen) atoms. The Kier molecular flexibility index (Phi) is 8.31. The fourth-order valence-electron chi connectivity index (χ4n) is 2.58. The summed E-state index contributed by atoms with van der Waals surface area (Å²) in [6, 6.07) is 5.11. The Morgan fingerprint density at radius 2 is 1.96 bits per heavy atom. The van der Waals surface area contributed by atoms with Gasteiger partial charge in [-0.2, -0.15) is 11.8 Å². The van der Waals surface area contributed by atoms with Crippen LogP contribution in [-0.2, 0) is 14.3 Å². The number of esters is 1. The molecular formula is C19H25N3O5S. The number of nitrogens with zero attached hydrogens (tertiary/aromatic N) is 1. The maximum absolute atomic E-state index is 12.2. The van der Waals surface area contributed by atoms with Gasteiger partial charge in [0.2, 0.25) is 5.91 Å². The second-order valence-electron chi connectivity index (χ2n) is 6.32. The van der Waals surface area contributed by atoms with E-state index in [9.17, 15) is 19.2 Å². The van der Waals surface area contributed by atoms with E-state index in [2.05, 4.69) is 10.6 Å². The lowest BCUT2D eigenvalue weighted by atomic mass is 10.2.